The van der Waals surface area contributed by atoms with Crippen LogP contribution in [0.25, 0.3) is 0 Å². The van der Waals surface area contributed by atoms with E-state index in [2.05, 4.69) is 10.3 Å². The highest BCUT2D eigenvalue weighted by atomic mass is 19.1. The molecule has 0 saturated heterocycles. The lowest BCUT2D eigenvalue weighted by atomic mass is 10.2. The van der Waals surface area contributed by atoms with E-state index in [-0.39, 0.29) is 17.2 Å². The van der Waals surface area contributed by atoms with E-state index in [1.54, 1.807) is 0 Å². The molecule has 1 aromatic heterocycles. The second kappa shape index (κ2) is 5.01. The van der Waals surface area contributed by atoms with Crippen LogP contribution in [-0.4, -0.2) is 16.7 Å². The summed E-state index contributed by atoms with van der Waals surface area (Å²) in [5, 5.41) is 2.22. The lowest BCUT2D eigenvalue weighted by molar-refractivity contribution is 0.101. The molecule has 19 heavy (non-hydrogen) atoms. The smallest absolute Gasteiger partial charge is 0.272 e. The Kier molecular flexibility index (Phi) is 3.41. The number of rotatable bonds is 3. The predicted octanol–water partition coefficient (Wildman–Crippen LogP) is 2.75. The standard InChI is InChI=1S/C13H10F2N2O2/c1-7(18)8-4-12(16-6-8)13(19)17-11-5-9(14)2-3-10(11)15/h2-6,16H,1H3,(H,17,19). The molecule has 2 rings (SSSR count). The normalized spacial score (nSPS) is 10.3. The summed E-state index contributed by atoms with van der Waals surface area (Å²) in [6.45, 7) is 1.36. The van der Waals surface area contributed by atoms with Crippen molar-refractivity contribution in [2.45, 2.75) is 6.92 Å². The second-order valence-electron chi connectivity index (χ2n) is 3.94. The molecule has 0 aliphatic carbocycles. The predicted molar refractivity (Wildman–Crippen MR) is 65.1 cm³/mol. The van der Waals surface area contributed by atoms with Gasteiger partial charge in [-0.05, 0) is 25.1 Å². The minimum atomic E-state index is -0.743. The minimum absolute atomic E-state index is 0.0915. The largest absolute Gasteiger partial charge is 0.356 e. The van der Waals surface area contributed by atoms with Crippen molar-refractivity contribution in [3.8, 4) is 0 Å². The van der Waals surface area contributed by atoms with Crippen molar-refractivity contribution >= 4 is 17.4 Å². The van der Waals surface area contributed by atoms with E-state index in [9.17, 15) is 18.4 Å². The number of anilines is 1. The average Bonchev–Trinajstić information content (AvgIpc) is 2.83. The number of ketones is 1. The molecule has 0 saturated carbocycles. The van der Waals surface area contributed by atoms with Gasteiger partial charge in [0.2, 0.25) is 0 Å². The van der Waals surface area contributed by atoms with Crippen LogP contribution in [0.15, 0.2) is 30.5 Å². The number of hydrogen-bond donors (Lipinski definition) is 2. The number of aromatic nitrogens is 1. The zero-order valence-corrected chi connectivity index (χ0v) is 9.96. The van der Waals surface area contributed by atoms with E-state index in [1.807, 2.05) is 0 Å². The Bertz CT molecular complexity index is 650. The zero-order valence-electron chi connectivity index (χ0n) is 9.96. The molecule has 0 radical (unpaired) electrons. The van der Waals surface area contributed by atoms with Crippen molar-refractivity contribution in [2.75, 3.05) is 5.32 Å². The molecule has 4 nitrogen and oxygen atoms in total. The number of nitrogens with one attached hydrogen (secondary N) is 2. The van der Waals surface area contributed by atoms with Crippen molar-refractivity contribution < 1.29 is 18.4 Å². The highest BCUT2D eigenvalue weighted by molar-refractivity contribution is 6.05. The number of aromatic amines is 1. The maximum Gasteiger partial charge on any atom is 0.272 e. The molecule has 0 aliphatic heterocycles. The fourth-order valence-corrected chi connectivity index (χ4v) is 1.51. The van der Waals surface area contributed by atoms with Crippen LogP contribution in [0.5, 0.6) is 0 Å². The summed E-state index contributed by atoms with van der Waals surface area (Å²) in [7, 11) is 0. The minimum Gasteiger partial charge on any atom is -0.356 e. The highest BCUT2D eigenvalue weighted by Gasteiger charge is 2.13. The maximum absolute atomic E-state index is 13.3. The van der Waals surface area contributed by atoms with E-state index in [0.717, 1.165) is 18.2 Å². The first-order valence-corrected chi connectivity index (χ1v) is 5.43. The van der Waals surface area contributed by atoms with Gasteiger partial charge >= 0.3 is 0 Å². The fraction of sp³-hybridized carbons (Fsp3) is 0.0769. The molecular formula is C13H10F2N2O2. The average molecular weight is 264 g/mol. The van der Waals surface area contributed by atoms with Gasteiger partial charge in [0.25, 0.3) is 5.91 Å². The monoisotopic (exact) mass is 264 g/mol. The number of amides is 1. The van der Waals surface area contributed by atoms with Gasteiger partial charge in [0.15, 0.2) is 5.78 Å². The molecule has 1 amide bonds. The molecule has 0 aliphatic rings. The molecule has 0 bridgehead atoms. The number of carbonyl (C=O) groups excluding carboxylic acids is 2. The lowest BCUT2D eigenvalue weighted by Gasteiger charge is -2.04. The topological polar surface area (TPSA) is 62.0 Å². The van der Waals surface area contributed by atoms with E-state index < -0.39 is 17.5 Å². The molecule has 0 unspecified atom stereocenters. The van der Waals surface area contributed by atoms with Crippen molar-refractivity contribution in [3.63, 3.8) is 0 Å². The van der Waals surface area contributed by atoms with Gasteiger partial charge in [0.1, 0.15) is 17.3 Å². The fourth-order valence-electron chi connectivity index (χ4n) is 1.51. The van der Waals surface area contributed by atoms with Crippen LogP contribution in [0, 0.1) is 11.6 Å². The molecule has 98 valence electrons. The van der Waals surface area contributed by atoms with Gasteiger partial charge in [-0.2, -0.15) is 0 Å². The molecule has 0 fully saturated rings. The van der Waals surface area contributed by atoms with Crippen molar-refractivity contribution in [1.82, 2.24) is 4.98 Å². The molecule has 0 atom stereocenters. The number of benzene rings is 1. The quantitative estimate of drug-likeness (QED) is 0.837. The van der Waals surface area contributed by atoms with Gasteiger partial charge in [0, 0.05) is 17.8 Å². The summed E-state index contributed by atoms with van der Waals surface area (Å²) < 4.78 is 26.3. The SMILES string of the molecule is CC(=O)c1c[nH]c(C(=O)Nc2cc(F)ccc2F)c1. The Morgan fingerprint density at radius 2 is 1.95 bits per heavy atom. The highest BCUT2D eigenvalue weighted by Crippen LogP contribution is 2.16. The third-order valence-electron chi connectivity index (χ3n) is 2.51. The lowest BCUT2D eigenvalue weighted by Crippen LogP contribution is -2.13. The number of H-pyrrole nitrogens is 1. The van der Waals surface area contributed by atoms with Gasteiger partial charge in [-0.3, -0.25) is 9.59 Å². The van der Waals surface area contributed by atoms with Gasteiger partial charge in [-0.1, -0.05) is 0 Å². The van der Waals surface area contributed by atoms with Crippen LogP contribution in [0.3, 0.4) is 0 Å². The molecule has 2 aromatic rings. The van der Waals surface area contributed by atoms with Crippen molar-refractivity contribution in [1.29, 1.82) is 0 Å². The van der Waals surface area contributed by atoms with Crippen LogP contribution in [-0.2, 0) is 0 Å². The summed E-state index contributed by atoms with van der Waals surface area (Å²) >= 11 is 0. The van der Waals surface area contributed by atoms with Crippen LogP contribution in [0.1, 0.15) is 27.8 Å². The summed E-state index contributed by atoms with van der Waals surface area (Å²) in [6, 6.07) is 4.09. The van der Waals surface area contributed by atoms with E-state index in [0.29, 0.717) is 5.56 Å². The number of halogens is 2. The summed E-state index contributed by atoms with van der Waals surface area (Å²) in [6.07, 6.45) is 1.37. The molecular weight excluding hydrogens is 254 g/mol. The third kappa shape index (κ3) is 2.85. The van der Waals surface area contributed by atoms with Gasteiger partial charge in [0.05, 0.1) is 5.69 Å². The first-order chi connectivity index (χ1) is 8.97. The molecule has 2 N–H and O–H groups in total. The Labute approximate surface area is 107 Å². The Balaban J connectivity index is 2.20. The maximum atomic E-state index is 13.3. The number of hydrogen-bond acceptors (Lipinski definition) is 2. The summed E-state index contributed by atoms with van der Waals surface area (Å²) in [5.74, 6) is -2.26. The Hall–Kier alpha value is -2.50. The molecule has 6 heteroatoms. The van der Waals surface area contributed by atoms with Gasteiger partial charge in [-0.25, -0.2) is 8.78 Å². The summed E-state index contributed by atoms with van der Waals surface area (Å²) in [4.78, 5) is 25.4. The van der Waals surface area contributed by atoms with E-state index >= 15 is 0 Å². The third-order valence-corrected chi connectivity index (χ3v) is 2.51. The number of Topliss-reactive ketones (excluding diaryl/α,β-unsaturated/α-hetero) is 1. The molecule has 1 heterocycles. The van der Waals surface area contributed by atoms with E-state index in [1.165, 1.54) is 19.2 Å². The number of carbonyl (C=O) groups is 2. The Morgan fingerprint density at radius 3 is 2.58 bits per heavy atom. The van der Waals surface area contributed by atoms with Crippen LogP contribution >= 0.6 is 0 Å². The van der Waals surface area contributed by atoms with Gasteiger partial charge in [-0.15, -0.1) is 0 Å². The van der Waals surface area contributed by atoms with Crippen LogP contribution < -0.4 is 5.32 Å². The van der Waals surface area contributed by atoms with Crippen LogP contribution in [0.4, 0.5) is 14.5 Å². The van der Waals surface area contributed by atoms with E-state index in [4.69, 9.17) is 0 Å². The van der Waals surface area contributed by atoms with Gasteiger partial charge < -0.3 is 10.3 Å². The second-order valence-corrected chi connectivity index (χ2v) is 3.94. The van der Waals surface area contributed by atoms with Crippen molar-refractivity contribution in [2.24, 2.45) is 0 Å². The molecule has 1 aromatic carbocycles. The Morgan fingerprint density at radius 1 is 1.21 bits per heavy atom. The molecule has 0 spiro atoms. The van der Waals surface area contributed by atoms with Crippen molar-refractivity contribution in [3.05, 3.63) is 53.4 Å². The summed E-state index contributed by atoms with van der Waals surface area (Å²) in [5.41, 5.74) is 0.169. The first-order valence-electron chi connectivity index (χ1n) is 5.43. The first kappa shape index (κ1) is 12.9. The zero-order chi connectivity index (χ0) is 14.0. The van der Waals surface area contributed by atoms with Crippen LogP contribution in [0.2, 0.25) is 0 Å².